The topological polar surface area (TPSA) is 88.9 Å². The number of nitrogens with one attached hydrogen (secondary N) is 1. The number of hydrogen-bond donors (Lipinski definition) is 1. The van der Waals surface area contributed by atoms with Gasteiger partial charge < -0.3 is 9.40 Å². The standard InChI is InChI=1S/C25H22FN3O3/c1-3-21(30)18-11-28-20(10-22(31)14-7-8-14)25-17(18)9-19(29-25)15-5-4-6-16(24(15)26)23-12-27-13(2)32-23/h4-6,9,11-12,14,29H,3,7-8,10H2,1-2H3. The first-order valence-corrected chi connectivity index (χ1v) is 10.7. The van der Waals surface area contributed by atoms with E-state index in [1.165, 1.54) is 12.4 Å². The summed E-state index contributed by atoms with van der Waals surface area (Å²) in [7, 11) is 0. The minimum atomic E-state index is -0.456. The molecule has 0 unspecified atom stereocenters. The molecule has 1 saturated carbocycles. The number of fused-ring (bicyclic) bond motifs is 1. The number of ketones is 2. The molecule has 162 valence electrons. The Kier molecular flexibility index (Phi) is 4.96. The molecule has 32 heavy (non-hydrogen) atoms. The molecule has 1 fully saturated rings. The van der Waals surface area contributed by atoms with Gasteiger partial charge in [-0.05, 0) is 31.0 Å². The Hall–Kier alpha value is -3.61. The zero-order chi connectivity index (χ0) is 22.4. The average molecular weight is 431 g/mol. The highest BCUT2D eigenvalue weighted by molar-refractivity contribution is 6.09. The summed E-state index contributed by atoms with van der Waals surface area (Å²) in [6, 6.07) is 6.80. The van der Waals surface area contributed by atoms with Crippen LogP contribution in [0.15, 0.2) is 41.1 Å². The number of oxazole rings is 1. The van der Waals surface area contributed by atoms with E-state index in [0.717, 1.165) is 12.8 Å². The second-order valence-electron chi connectivity index (χ2n) is 8.19. The number of benzene rings is 1. The van der Waals surface area contributed by atoms with E-state index in [0.29, 0.717) is 57.1 Å². The van der Waals surface area contributed by atoms with Gasteiger partial charge in [0.2, 0.25) is 0 Å². The third kappa shape index (κ3) is 3.53. The second-order valence-corrected chi connectivity index (χ2v) is 8.19. The van der Waals surface area contributed by atoms with Crippen LogP contribution in [-0.4, -0.2) is 26.5 Å². The number of aromatic nitrogens is 3. The molecule has 5 rings (SSSR count). The van der Waals surface area contributed by atoms with Crippen LogP contribution in [0.1, 0.15) is 48.1 Å². The predicted octanol–water partition coefficient (Wildman–Crippen LogP) is 5.45. The van der Waals surface area contributed by atoms with E-state index < -0.39 is 5.82 Å². The maximum Gasteiger partial charge on any atom is 0.191 e. The lowest BCUT2D eigenvalue weighted by molar-refractivity contribution is -0.119. The summed E-state index contributed by atoms with van der Waals surface area (Å²) < 4.78 is 21.0. The van der Waals surface area contributed by atoms with Gasteiger partial charge in [-0.15, -0.1) is 0 Å². The number of aromatic amines is 1. The molecule has 7 heteroatoms. The number of Topliss-reactive ketones (excluding diaryl/α,β-unsaturated/α-hetero) is 2. The normalized spacial score (nSPS) is 13.6. The first kappa shape index (κ1) is 20.3. The fourth-order valence-electron chi connectivity index (χ4n) is 3.99. The van der Waals surface area contributed by atoms with Crippen LogP contribution in [0.3, 0.4) is 0 Å². The van der Waals surface area contributed by atoms with Gasteiger partial charge in [-0.25, -0.2) is 9.37 Å². The largest absolute Gasteiger partial charge is 0.441 e. The minimum Gasteiger partial charge on any atom is -0.441 e. The molecular weight excluding hydrogens is 409 g/mol. The van der Waals surface area contributed by atoms with Crippen LogP contribution >= 0.6 is 0 Å². The number of aryl methyl sites for hydroxylation is 1. The summed E-state index contributed by atoms with van der Waals surface area (Å²) in [6.45, 7) is 3.49. The highest BCUT2D eigenvalue weighted by atomic mass is 19.1. The lowest BCUT2D eigenvalue weighted by Crippen LogP contribution is -2.08. The fourth-order valence-corrected chi connectivity index (χ4v) is 3.99. The third-order valence-corrected chi connectivity index (χ3v) is 5.92. The van der Waals surface area contributed by atoms with Crippen molar-refractivity contribution in [1.82, 2.24) is 15.0 Å². The van der Waals surface area contributed by atoms with Crippen molar-refractivity contribution >= 4 is 22.5 Å². The molecule has 3 aromatic heterocycles. The molecule has 0 amide bonds. The summed E-state index contributed by atoms with van der Waals surface area (Å²) in [4.78, 5) is 36.7. The van der Waals surface area contributed by atoms with Crippen LogP contribution in [0.25, 0.3) is 33.5 Å². The Labute approximate surface area is 183 Å². The number of nitrogens with zero attached hydrogens (tertiary/aromatic N) is 2. The highest BCUT2D eigenvalue weighted by Gasteiger charge is 2.30. The first-order valence-electron chi connectivity index (χ1n) is 10.7. The van der Waals surface area contributed by atoms with Gasteiger partial charge in [-0.1, -0.05) is 13.0 Å². The second kappa shape index (κ2) is 7.82. The number of rotatable bonds is 7. The molecule has 6 nitrogen and oxygen atoms in total. The fraction of sp³-hybridized carbons (Fsp3) is 0.280. The van der Waals surface area contributed by atoms with Crippen LogP contribution in [0.4, 0.5) is 4.39 Å². The zero-order valence-electron chi connectivity index (χ0n) is 17.9. The van der Waals surface area contributed by atoms with Crippen molar-refractivity contribution < 1.29 is 18.4 Å². The summed E-state index contributed by atoms with van der Waals surface area (Å²) >= 11 is 0. The van der Waals surface area contributed by atoms with E-state index in [9.17, 15) is 9.59 Å². The van der Waals surface area contributed by atoms with Gasteiger partial charge in [0.25, 0.3) is 0 Å². The van der Waals surface area contributed by atoms with Crippen LogP contribution in [-0.2, 0) is 11.2 Å². The van der Waals surface area contributed by atoms with E-state index in [2.05, 4.69) is 15.0 Å². The average Bonchev–Trinajstić information content (AvgIpc) is 3.41. The summed E-state index contributed by atoms with van der Waals surface area (Å²) in [6.07, 6.45) is 5.39. The minimum absolute atomic E-state index is 0.0560. The summed E-state index contributed by atoms with van der Waals surface area (Å²) in [5.41, 5.74) is 2.80. The lowest BCUT2D eigenvalue weighted by Gasteiger charge is -2.06. The number of carbonyl (C=O) groups is 2. The van der Waals surface area contributed by atoms with Crippen LogP contribution in [0.2, 0.25) is 0 Å². The highest BCUT2D eigenvalue weighted by Crippen LogP contribution is 2.35. The van der Waals surface area contributed by atoms with Crippen molar-refractivity contribution in [1.29, 1.82) is 0 Å². The Morgan fingerprint density at radius 2 is 1.97 bits per heavy atom. The molecule has 1 aliphatic carbocycles. The quantitative estimate of drug-likeness (QED) is 0.393. The number of carbonyl (C=O) groups excluding carboxylic acids is 2. The Morgan fingerprint density at radius 3 is 2.66 bits per heavy atom. The van der Waals surface area contributed by atoms with Crippen molar-refractivity contribution in [3.8, 4) is 22.6 Å². The number of hydrogen-bond acceptors (Lipinski definition) is 5. The van der Waals surface area contributed by atoms with Crippen LogP contribution in [0, 0.1) is 18.7 Å². The van der Waals surface area contributed by atoms with Gasteiger partial charge >= 0.3 is 0 Å². The van der Waals surface area contributed by atoms with Crippen LogP contribution in [0.5, 0.6) is 0 Å². The SMILES string of the molecule is CCC(=O)c1cnc(CC(=O)C2CC2)c2[nH]c(-c3cccc(-c4cnc(C)o4)c3F)cc12. The van der Waals surface area contributed by atoms with E-state index in [4.69, 9.17) is 4.42 Å². The maximum absolute atomic E-state index is 15.5. The molecule has 0 saturated heterocycles. The van der Waals surface area contributed by atoms with Crippen LogP contribution < -0.4 is 0 Å². The van der Waals surface area contributed by atoms with Gasteiger partial charge in [0.1, 0.15) is 11.6 Å². The van der Waals surface area contributed by atoms with Crippen molar-refractivity contribution in [2.24, 2.45) is 5.92 Å². The molecule has 4 aromatic rings. The zero-order valence-corrected chi connectivity index (χ0v) is 17.9. The van der Waals surface area contributed by atoms with Crippen molar-refractivity contribution in [2.75, 3.05) is 0 Å². The molecular formula is C25H22FN3O3. The first-order chi connectivity index (χ1) is 15.5. The van der Waals surface area contributed by atoms with Gasteiger partial charge in [-0.3, -0.25) is 14.6 Å². The molecule has 0 radical (unpaired) electrons. The van der Waals surface area contributed by atoms with Gasteiger partial charge in [0.05, 0.1) is 29.4 Å². The summed E-state index contributed by atoms with van der Waals surface area (Å²) in [5.74, 6) is 0.545. The monoisotopic (exact) mass is 431 g/mol. The molecule has 1 aromatic carbocycles. The van der Waals surface area contributed by atoms with E-state index in [1.807, 2.05) is 0 Å². The smallest absolute Gasteiger partial charge is 0.191 e. The predicted molar refractivity (Wildman–Crippen MR) is 118 cm³/mol. The maximum atomic E-state index is 15.5. The van der Waals surface area contributed by atoms with Gasteiger partial charge in [0.15, 0.2) is 17.4 Å². The van der Waals surface area contributed by atoms with Crippen molar-refractivity contribution in [3.05, 3.63) is 59.6 Å². The molecule has 0 spiro atoms. The Balaban J connectivity index is 1.65. The van der Waals surface area contributed by atoms with Crippen molar-refractivity contribution in [3.63, 3.8) is 0 Å². The molecule has 1 N–H and O–H groups in total. The number of pyridine rings is 1. The van der Waals surface area contributed by atoms with E-state index >= 15 is 4.39 Å². The summed E-state index contributed by atoms with van der Waals surface area (Å²) in [5, 5.41) is 0.653. The molecule has 0 atom stereocenters. The Bertz CT molecular complexity index is 1360. The number of H-pyrrole nitrogens is 1. The lowest BCUT2D eigenvalue weighted by atomic mass is 10.0. The van der Waals surface area contributed by atoms with Crippen molar-refractivity contribution in [2.45, 2.75) is 39.5 Å². The number of halogens is 1. The third-order valence-electron chi connectivity index (χ3n) is 5.92. The van der Waals surface area contributed by atoms with E-state index in [-0.39, 0.29) is 23.9 Å². The van der Waals surface area contributed by atoms with Gasteiger partial charge in [0, 0.05) is 47.7 Å². The Morgan fingerprint density at radius 1 is 1.19 bits per heavy atom. The molecule has 1 aliphatic rings. The molecule has 3 heterocycles. The molecule has 0 aliphatic heterocycles. The van der Waals surface area contributed by atoms with Gasteiger partial charge in [-0.2, -0.15) is 0 Å². The van der Waals surface area contributed by atoms with E-state index in [1.54, 1.807) is 38.1 Å². The molecule has 0 bridgehead atoms.